The molecule has 24 heavy (non-hydrogen) atoms. The maximum Gasteiger partial charge on any atom is 0.216 e. The maximum absolute atomic E-state index is 12.9. The van der Waals surface area contributed by atoms with E-state index in [1.54, 1.807) is 12.1 Å². The Morgan fingerprint density at radius 2 is 2.04 bits per heavy atom. The summed E-state index contributed by atoms with van der Waals surface area (Å²) in [6.45, 7) is 6.42. The van der Waals surface area contributed by atoms with Crippen LogP contribution in [0, 0.1) is 5.82 Å². The average molecular weight is 334 g/mol. The van der Waals surface area contributed by atoms with Gasteiger partial charge < -0.3 is 10.1 Å². The number of benzene rings is 1. The van der Waals surface area contributed by atoms with Crippen LogP contribution in [0.25, 0.3) is 0 Å². The van der Waals surface area contributed by atoms with Gasteiger partial charge in [0.05, 0.1) is 0 Å². The highest BCUT2D eigenvalue weighted by atomic mass is 19.1. The molecule has 130 valence electrons. The Morgan fingerprint density at radius 3 is 2.67 bits per heavy atom. The molecule has 2 aromatic rings. The van der Waals surface area contributed by atoms with Crippen LogP contribution in [-0.4, -0.2) is 27.2 Å². The summed E-state index contributed by atoms with van der Waals surface area (Å²) in [5.41, 5.74) is 0. The molecule has 1 heterocycles. The Balaban J connectivity index is 1.96. The van der Waals surface area contributed by atoms with Crippen molar-refractivity contribution in [2.45, 2.75) is 46.3 Å². The fraction of sp³-hybridized carbons (Fsp3) is 0.471. The largest absolute Gasteiger partial charge is 0.486 e. The summed E-state index contributed by atoms with van der Waals surface area (Å²) in [7, 11) is 0. The van der Waals surface area contributed by atoms with Crippen LogP contribution in [0.1, 0.15) is 44.9 Å². The number of halogens is 1. The first-order chi connectivity index (χ1) is 11.5. The number of hydrogen-bond donors (Lipinski definition) is 1. The number of nitrogens with zero attached hydrogens (tertiary/aromatic N) is 3. The third-order valence-corrected chi connectivity index (χ3v) is 3.37. The lowest BCUT2D eigenvalue weighted by Gasteiger charge is -2.09. The number of aromatic nitrogens is 3. The van der Waals surface area contributed by atoms with Crippen molar-refractivity contribution in [1.82, 2.24) is 20.1 Å². The first kappa shape index (κ1) is 17.9. The Hall–Kier alpha value is -2.44. The molecule has 0 atom stereocenters. The van der Waals surface area contributed by atoms with Gasteiger partial charge in [0.1, 0.15) is 24.0 Å². The van der Waals surface area contributed by atoms with E-state index in [1.807, 2.05) is 18.5 Å². The Kier molecular flexibility index (Phi) is 6.28. The first-order valence-corrected chi connectivity index (χ1v) is 8.03. The summed E-state index contributed by atoms with van der Waals surface area (Å²) in [6, 6.07) is 6.03. The molecular weight excluding hydrogens is 311 g/mol. The van der Waals surface area contributed by atoms with Gasteiger partial charge in [0.2, 0.25) is 5.91 Å². The van der Waals surface area contributed by atoms with Crippen molar-refractivity contribution >= 4 is 5.91 Å². The van der Waals surface area contributed by atoms with Crippen molar-refractivity contribution in [3.8, 4) is 5.75 Å². The molecule has 0 spiro atoms. The van der Waals surface area contributed by atoms with E-state index in [0.29, 0.717) is 18.1 Å². The lowest BCUT2D eigenvalue weighted by molar-refractivity contribution is -0.118. The molecule has 0 unspecified atom stereocenters. The Labute approximate surface area is 141 Å². The van der Waals surface area contributed by atoms with E-state index < -0.39 is 0 Å². The van der Waals surface area contributed by atoms with Crippen LogP contribution in [-0.2, 0) is 17.8 Å². The highest BCUT2D eigenvalue weighted by molar-refractivity contribution is 5.72. The standard InChI is InChI=1S/C17H23FN4O2/c1-12(2)22-17(5-4-10-19-13(3)23)20-16(21-22)11-24-15-8-6-14(18)7-9-15/h6-9,12H,4-5,10-11H2,1-3H3,(H,19,23). The molecule has 0 fully saturated rings. The molecule has 0 bridgehead atoms. The third-order valence-electron chi connectivity index (χ3n) is 3.37. The van der Waals surface area contributed by atoms with Gasteiger partial charge in [0.15, 0.2) is 5.82 Å². The van der Waals surface area contributed by atoms with Crippen molar-refractivity contribution in [3.63, 3.8) is 0 Å². The number of aryl methyl sites for hydroxylation is 1. The molecule has 0 radical (unpaired) electrons. The highest BCUT2D eigenvalue weighted by Gasteiger charge is 2.13. The van der Waals surface area contributed by atoms with Gasteiger partial charge in [-0.2, -0.15) is 5.10 Å². The lowest BCUT2D eigenvalue weighted by Crippen LogP contribution is -2.21. The van der Waals surface area contributed by atoms with Crippen LogP contribution in [0.4, 0.5) is 4.39 Å². The van der Waals surface area contributed by atoms with Gasteiger partial charge in [-0.05, 0) is 44.5 Å². The molecule has 1 aromatic heterocycles. The van der Waals surface area contributed by atoms with Gasteiger partial charge in [-0.1, -0.05) is 0 Å². The van der Waals surface area contributed by atoms with Crippen LogP contribution >= 0.6 is 0 Å². The topological polar surface area (TPSA) is 69.0 Å². The first-order valence-electron chi connectivity index (χ1n) is 8.03. The molecule has 1 aromatic carbocycles. The molecule has 2 rings (SSSR count). The van der Waals surface area contributed by atoms with Crippen LogP contribution in [0.15, 0.2) is 24.3 Å². The fourth-order valence-corrected chi connectivity index (χ4v) is 2.24. The molecule has 0 saturated carbocycles. The number of amides is 1. The van der Waals surface area contributed by atoms with Crippen molar-refractivity contribution in [2.24, 2.45) is 0 Å². The summed E-state index contributed by atoms with van der Waals surface area (Å²) in [6.07, 6.45) is 1.52. The number of hydrogen-bond acceptors (Lipinski definition) is 4. The van der Waals surface area contributed by atoms with E-state index in [1.165, 1.54) is 19.1 Å². The van der Waals surface area contributed by atoms with Crippen molar-refractivity contribution in [2.75, 3.05) is 6.54 Å². The third kappa shape index (κ3) is 5.33. The van der Waals surface area contributed by atoms with E-state index in [-0.39, 0.29) is 24.4 Å². The molecule has 0 aliphatic carbocycles. The zero-order valence-corrected chi connectivity index (χ0v) is 14.3. The maximum atomic E-state index is 12.9. The molecular formula is C17H23FN4O2. The smallest absolute Gasteiger partial charge is 0.216 e. The molecule has 7 heteroatoms. The summed E-state index contributed by atoms with van der Waals surface area (Å²) in [5.74, 6) is 1.69. The molecule has 1 N–H and O–H groups in total. The van der Waals surface area contributed by atoms with E-state index in [0.717, 1.165) is 18.7 Å². The SMILES string of the molecule is CC(=O)NCCCc1nc(COc2ccc(F)cc2)nn1C(C)C. The minimum absolute atomic E-state index is 0.0336. The van der Waals surface area contributed by atoms with Gasteiger partial charge in [0.25, 0.3) is 0 Å². The molecule has 0 aliphatic heterocycles. The second-order valence-corrected chi connectivity index (χ2v) is 5.81. The zero-order chi connectivity index (χ0) is 17.5. The number of rotatable bonds is 8. The van der Waals surface area contributed by atoms with E-state index in [9.17, 15) is 9.18 Å². The van der Waals surface area contributed by atoms with Crippen molar-refractivity contribution in [1.29, 1.82) is 0 Å². The van der Waals surface area contributed by atoms with Gasteiger partial charge in [-0.3, -0.25) is 4.79 Å². The number of carbonyl (C=O) groups excluding carboxylic acids is 1. The monoisotopic (exact) mass is 334 g/mol. The number of ether oxygens (including phenoxy) is 1. The van der Waals surface area contributed by atoms with Crippen LogP contribution < -0.4 is 10.1 Å². The normalized spacial score (nSPS) is 10.9. The number of nitrogens with one attached hydrogen (secondary N) is 1. The summed E-state index contributed by atoms with van der Waals surface area (Å²) in [4.78, 5) is 15.4. The van der Waals surface area contributed by atoms with E-state index in [2.05, 4.69) is 15.4 Å². The van der Waals surface area contributed by atoms with Crippen molar-refractivity contribution in [3.05, 3.63) is 41.7 Å². The van der Waals surface area contributed by atoms with E-state index >= 15 is 0 Å². The highest BCUT2D eigenvalue weighted by Crippen LogP contribution is 2.14. The van der Waals surface area contributed by atoms with Gasteiger partial charge in [-0.25, -0.2) is 14.1 Å². The number of carbonyl (C=O) groups is 1. The minimum Gasteiger partial charge on any atom is -0.486 e. The zero-order valence-electron chi connectivity index (χ0n) is 14.3. The molecule has 0 aliphatic rings. The Morgan fingerprint density at radius 1 is 1.33 bits per heavy atom. The average Bonchev–Trinajstić information content (AvgIpc) is 2.94. The predicted octanol–water partition coefficient (Wildman–Crippen LogP) is 2.65. The van der Waals surface area contributed by atoms with Crippen LogP contribution in [0.5, 0.6) is 5.75 Å². The second-order valence-electron chi connectivity index (χ2n) is 5.81. The predicted molar refractivity (Wildman–Crippen MR) is 88.1 cm³/mol. The quantitative estimate of drug-likeness (QED) is 0.754. The fourth-order valence-electron chi connectivity index (χ4n) is 2.24. The van der Waals surface area contributed by atoms with Crippen LogP contribution in [0.2, 0.25) is 0 Å². The lowest BCUT2D eigenvalue weighted by atomic mass is 10.3. The molecule has 1 amide bonds. The summed E-state index contributed by atoms with van der Waals surface area (Å²) >= 11 is 0. The molecule has 6 nitrogen and oxygen atoms in total. The Bertz CT molecular complexity index is 668. The van der Waals surface area contributed by atoms with Gasteiger partial charge >= 0.3 is 0 Å². The second kappa shape index (κ2) is 8.42. The van der Waals surface area contributed by atoms with E-state index in [4.69, 9.17) is 4.74 Å². The summed E-state index contributed by atoms with van der Waals surface area (Å²) in [5, 5.41) is 7.25. The molecule has 0 saturated heterocycles. The minimum atomic E-state index is -0.300. The van der Waals surface area contributed by atoms with Crippen LogP contribution in [0.3, 0.4) is 0 Å². The van der Waals surface area contributed by atoms with Crippen molar-refractivity contribution < 1.29 is 13.9 Å². The van der Waals surface area contributed by atoms with Gasteiger partial charge in [-0.15, -0.1) is 0 Å². The van der Waals surface area contributed by atoms with Gasteiger partial charge in [0, 0.05) is 25.9 Å². The summed E-state index contributed by atoms with van der Waals surface area (Å²) < 4.78 is 20.3.